The fraction of sp³-hybridized carbons (Fsp3) is 0.571. The van der Waals surface area contributed by atoms with Crippen molar-refractivity contribution in [1.82, 2.24) is 9.80 Å². The molecular formula is C35H51N2O9P. The SMILES string of the molecule is CCOP1(=O)CCN(Cc2ccccc2-c2ccccc2OC)CC1(CCCCN(C(=O)OC(C)(C)C)C(=O)OC(C)(C)C)C(=O)O. The molecule has 0 saturated carbocycles. The van der Waals surface area contributed by atoms with E-state index in [1.165, 1.54) is 0 Å². The second-order valence-electron chi connectivity index (χ2n) is 13.8. The first-order valence-electron chi connectivity index (χ1n) is 16.1. The Balaban J connectivity index is 1.85. The van der Waals surface area contributed by atoms with Gasteiger partial charge in [0.15, 0.2) is 5.16 Å². The van der Waals surface area contributed by atoms with Crippen molar-refractivity contribution in [2.45, 2.75) is 90.6 Å². The third kappa shape index (κ3) is 9.81. The van der Waals surface area contributed by atoms with E-state index >= 15 is 0 Å². The molecule has 12 heteroatoms. The highest BCUT2D eigenvalue weighted by molar-refractivity contribution is 7.62. The Morgan fingerprint density at radius 2 is 1.49 bits per heavy atom. The summed E-state index contributed by atoms with van der Waals surface area (Å²) in [6.45, 7) is 12.8. The second-order valence-corrected chi connectivity index (χ2v) is 16.7. The van der Waals surface area contributed by atoms with Crippen LogP contribution in [0.3, 0.4) is 0 Å². The van der Waals surface area contributed by atoms with Crippen molar-refractivity contribution < 1.29 is 42.8 Å². The van der Waals surface area contributed by atoms with Crippen LogP contribution in [0.5, 0.6) is 5.75 Å². The number of carboxylic acids is 1. The summed E-state index contributed by atoms with van der Waals surface area (Å²) in [4.78, 5) is 42.0. The highest BCUT2D eigenvalue weighted by Crippen LogP contribution is 2.63. The maximum atomic E-state index is 14.4. The number of methoxy groups -OCH3 is 1. The molecule has 260 valence electrons. The Bertz CT molecular complexity index is 1420. The minimum absolute atomic E-state index is 0.0156. The summed E-state index contributed by atoms with van der Waals surface area (Å²) in [6, 6.07) is 15.6. The second kappa shape index (κ2) is 15.7. The summed E-state index contributed by atoms with van der Waals surface area (Å²) < 4.78 is 36.7. The molecule has 3 rings (SSSR count). The molecule has 11 nitrogen and oxygen atoms in total. The van der Waals surface area contributed by atoms with Crippen molar-refractivity contribution >= 4 is 25.5 Å². The van der Waals surface area contributed by atoms with Gasteiger partial charge in [-0.3, -0.25) is 14.3 Å². The van der Waals surface area contributed by atoms with E-state index in [2.05, 4.69) is 0 Å². The molecule has 0 aromatic heterocycles. The van der Waals surface area contributed by atoms with Gasteiger partial charge in [0.2, 0.25) is 7.37 Å². The average Bonchev–Trinajstić information content (AvgIpc) is 2.97. The van der Waals surface area contributed by atoms with E-state index in [9.17, 15) is 24.1 Å². The topological polar surface area (TPSA) is 132 Å². The van der Waals surface area contributed by atoms with Crippen LogP contribution >= 0.6 is 7.37 Å². The Morgan fingerprint density at radius 3 is 2.04 bits per heavy atom. The summed E-state index contributed by atoms with van der Waals surface area (Å²) in [5, 5.41) is 9.04. The normalized spacial score (nSPS) is 20.3. The fourth-order valence-corrected chi connectivity index (χ4v) is 8.73. The van der Waals surface area contributed by atoms with Gasteiger partial charge in [-0.1, -0.05) is 42.5 Å². The Kier molecular flexibility index (Phi) is 12.7. The van der Waals surface area contributed by atoms with Crippen molar-refractivity contribution in [2.75, 3.05) is 39.5 Å². The van der Waals surface area contributed by atoms with E-state index in [4.69, 9.17) is 18.7 Å². The summed E-state index contributed by atoms with van der Waals surface area (Å²) in [5.74, 6) is -0.459. The molecule has 1 N–H and O–H groups in total. The van der Waals surface area contributed by atoms with Crippen molar-refractivity contribution in [3.63, 3.8) is 0 Å². The van der Waals surface area contributed by atoms with Crippen LogP contribution in [0.1, 0.15) is 73.3 Å². The monoisotopic (exact) mass is 674 g/mol. The highest BCUT2D eigenvalue weighted by atomic mass is 31.2. The molecule has 1 aliphatic heterocycles. The number of aliphatic carboxylic acids is 1. The summed E-state index contributed by atoms with van der Waals surface area (Å²) in [5.41, 5.74) is 1.19. The van der Waals surface area contributed by atoms with Crippen molar-refractivity contribution in [2.24, 2.45) is 0 Å². The summed E-state index contributed by atoms with van der Waals surface area (Å²) in [7, 11) is -2.03. The number of benzene rings is 2. The van der Waals surface area contributed by atoms with E-state index in [0.717, 1.165) is 27.3 Å². The predicted molar refractivity (Wildman–Crippen MR) is 181 cm³/mol. The van der Waals surface area contributed by atoms with Gasteiger partial charge in [0.1, 0.15) is 17.0 Å². The number of nitrogens with zero attached hydrogens (tertiary/aromatic N) is 2. The number of hydrogen-bond acceptors (Lipinski definition) is 9. The number of amides is 2. The van der Waals surface area contributed by atoms with Gasteiger partial charge >= 0.3 is 18.2 Å². The van der Waals surface area contributed by atoms with E-state index in [1.54, 1.807) is 55.6 Å². The molecule has 0 aliphatic carbocycles. The van der Waals surface area contributed by atoms with Gasteiger partial charge in [-0.05, 0) is 84.9 Å². The number of ether oxygens (including phenoxy) is 3. The molecule has 0 spiro atoms. The minimum atomic E-state index is -3.65. The summed E-state index contributed by atoms with van der Waals surface area (Å²) in [6.07, 6.45) is -1.07. The quantitative estimate of drug-likeness (QED) is 0.177. The maximum absolute atomic E-state index is 14.4. The number of carbonyl (C=O) groups is 3. The molecule has 2 atom stereocenters. The fourth-order valence-electron chi connectivity index (χ4n) is 5.75. The first kappa shape index (κ1) is 38.1. The molecule has 0 radical (unpaired) electrons. The third-order valence-corrected chi connectivity index (χ3v) is 11.2. The molecule has 2 aromatic carbocycles. The lowest BCUT2D eigenvalue weighted by molar-refractivity contribution is -0.141. The largest absolute Gasteiger partial charge is 0.496 e. The molecule has 2 aromatic rings. The lowest BCUT2D eigenvalue weighted by atomic mass is 9.96. The molecule has 2 unspecified atom stereocenters. The van der Waals surface area contributed by atoms with E-state index in [1.807, 2.05) is 53.4 Å². The van der Waals surface area contributed by atoms with Crippen LogP contribution in [-0.2, 0) is 29.9 Å². The number of para-hydroxylation sites is 1. The van der Waals surface area contributed by atoms with Gasteiger partial charge in [-0.2, -0.15) is 0 Å². The molecule has 1 saturated heterocycles. The lowest BCUT2D eigenvalue weighted by Gasteiger charge is -2.45. The van der Waals surface area contributed by atoms with Gasteiger partial charge in [-0.25, -0.2) is 14.5 Å². The number of carboxylic acid groups (broad SMARTS) is 1. The highest BCUT2D eigenvalue weighted by Gasteiger charge is 2.58. The number of unbranched alkanes of at least 4 members (excludes halogenated alkanes) is 1. The third-order valence-electron chi connectivity index (χ3n) is 7.84. The van der Waals surface area contributed by atoms with Gasteiger partial charge in [-0.15, -0.1) is 0 Å². The van der Waals surface area contributed by atoms with Crippen LogP contribution in [0, 0.1) is 0 Å². The maximum Gasteiger partial charge on any atom is 0.419 e. The predicted octanol–water partition coefficient (Wildman–Crippen LogP) is 7.66. The van der Waals surface area contributed by atoms with Gasteiger partial charge in [0.05, 0.1) is 13.7 Å². The summed E-state index contributed by atoms with van der Waals surface area (Å²) >= 11 is 0. The Morgan fingerprint density at radius 1 is 0.915 bits per heavy atom. The minimum Gasteiger partial charge on any atom is -0.496 e. The zero-order valence-corrected chi connectivity index (χ0v) is 29.9. The van der Waals surface area contributed by atoms with E-state index in [-0.39, 0.29) is 45.1 Å². The standard InChI is InChI=1S/C35H51N2O9P/c1-9-44-47(42)23-22-36(24-26-16-10-11-17-27(26)28-18-12-13-19-29(28)43-8)25-35(47,30(38)39)20-14-15-21-37(31(40)45-33(2,3)4)32(41)46-34(5,6)7/h10-13,16-19H,9,14-15,20-25H2,1-8H3,(H,38,39). The zero-order chi connectivity index (χ0) is 35.0. The van der Waals surface area contributed by atoms with Gasteiger partial charge < -0.3 is 23.8 Å². The number of carbonyl (C=O) groups excluding carboxylic acids is 2. The van der Waals surface area contributed by atoms with Crippen molar-refractivity contribution in [3.8, 4) is 16.9 Å². The van der Waals surface area contributed by atoms with E-state index in [0.29, 0.717) is 13.1 Å². The van der Waals surface area contributed by atoms with E-state index < -0.39 is 41.9 Å². The first-order chi connectivity index (χ1) is 21.9. The number of hydrogen-bond donors (Lipinski definition) is 1. The van der Waals surface area contributed by atoms with Crippen LogP contribution < -0.4 is 4.74 Å². The first-order valence-corrected chi connectivity index (χ1v) is 17.9. The molecule has 47 heavy (non-hydrogen) atoms. The molecule has 1 heterocycles. The average molecular weight is 675 g/mol. The van der Waals surface area contributed by atoms with Crippen LogP contribution in [0.4, 0.5) is 9.59 Å². The molecule has 1 fully saturated rings. The Hall–Kier alpha value is -3.40. The molecule has 0 bridgehead atoms. The number of rotatable bonds is 12. The van der Waals surface area contributed by atoms with Gasteiger partial charge in [0.25, 0.3) is 0 Å². The lowest BCUT2D eigenvalue weighted by Crippen LogP contribution is -2.54. The Labute approximate surface area is 279 Å². The van der Waals surface area contributed by atoms with Gasteiger partial charge in [0, 0.05) is 37.9 Å². The van der Waals surface area contributed by atoms with Crippen LogP contribution in [0.25, 0.3) is 11.1 Å². The van der Waals surface area contributed by atoms with Crippen LogP contribution in [0.2, 0.25) is 0 Å². The number of imide groups is 1. The van der Waals surface area contributed by atoms with Crippen LogP contribution in [-0.4, -0.2) is 88.9 Å². The zero-order valence-electron chi connectivity index (χ0n) is 29.0. The van der Waals surface area contributed by atoms with Crippen LogP contribution in [0.15, 0.2) is 48.5 Å². The molecular weight excluding hydrogens is 623 g/mol. The molecule has 2 amide bonds. The smallest absolute Gasteiger partial charge is 0.419 e. The molecule has 1 aliphatic rings. The van der Waals surface area contributed by atoms with Crippen molar-refractivity contribution in [1.29, 1.82) is 0 Å². The van der Waals surface area contributed by atoms with Crippen molar-refractivity contribution in [3.05, 3.63) is 54.1 Å².